The number of piperazine rings is 1. The summed E-state index contributed by atoms with van der Waals surface area (Å²) in [4.78, 5) is 17.0. The number of rotatable bonds is 5. The topological polar surface area (TPSA) is 88.6 Å². The van der Waals surface area contributed by atoms with Crippen LogP contribution in [0.15, 0.2) is 24.3 Å². The highest BCUT2D eigenvalue weighted by atomic mass is 35.5. The first-order chi connectivity index (χ1) is 15.6. The molecule has 9 nitrogen and oxygen atoms in total. The van der Waals surface area contributed by atoms with Gasteiger partial charge in [-0.2, -0.15) is 10.1 Å². The number of aromatic nitrogens is 4. The molecule has 1 aromatic carbocycles. The monoisotopic (exact) mass is 456 g/mol. The summed E-state index contributed by atoms with van der Waals surface area (Å²) in [6.07, 6.45) is 0. The van der Waals surface area contributed by atoms with Crippen LogP contribution in [0.25, 0.3) is 22.3 Å². The Morgan fingerprint density at radius 3 is 2.28 bits per heavy atom. The fourth-order valence-corrected chi connectivity index (χ4v) is 4.47. The molecule has 0 aliphatic carbocycles. The molecule has 2 aliphatic heterocycles. The summed E-state index contributed by atoms with van der Waals surface area (Å²) >= 11 is 6.10. The lowest BCUT2D eigenvalue weighted by molar-refractivity contribution is 0.0331. The molecule has 0 amide bonds. The number of hydrogen-bond acceptors (Lipinski definition) is 8. The SMILES string of the molecule is Cn1nc2nc(N3CCN(CCN4CCOCC4)CC3)nc(-c3ccc(Cl)cc3)c2c1N. The van der Waals surface area contributed by atoms with Gasteiger partial charge in [-0.15, -0.1) is 0 Å². The van der Waals surface area contributed by atoms with Crippen LogP contribution in [0.5, 0.6) is 0 Å². The molecule has 0 radical (unpaired) electrons. The second-order valence-electron chi connectivity index (χ2n) is 8.37. The zero-order valence-corrected chi connectivity index (χ0v) is 19.1. The van der Waals surface area contributed by atoms with Crippen molar-refractivity contribution >= 4 is 34.4 Å². The van der Waals surface area contributed by atoms with Crippen molar-refractivity contribution in [3.8, 4) is 11.3 Å². The Balaban J connectivity index is 1.34. The molecule has 2 N–H and O–H groups in total. The molecule has 2 fully saturated rings. The number of anilines is 2. The third-order valence-electron chi connectivity index (χ3n) is 6.34. The van der Waals surface area contributed by atoms with Gasteiger partial charge in [0.1, 0.15) is 5.82 Å². The van der Waals surface area contributed by atoms with Gasteiger partial charge in [0.15, 0.2) is 5.65 Å². The van der Waals surface area contributed by atoms with E-state index in [4.69, 9.17) is 32.0 Å². The van der Waals surface area contributed by atoms with Crippen molar-refractivity contribution in [1.29, 1.82) is 0 Å². The molecule has 10 heteroatoms. The fourth-order valence-electron chi connectivity index (χ4n) is 4.34. The van der Waals surface area contributed by atoms with Gasteiger partial charge in [-0.25, -0.2) is 4.98 Å². The van der Waals surface area contributed by atoms with Gasteiger partial charge in [-0.05, 0) is 12.1 Å². The molecule has 2 aromatic heterocycles. The average Bonchev–Trinajstić information content (AvgIpc) is 3.12. The maximum atomic E-state index is 6.31. The predicted molar refractivity (Wildman–Crippen MR) is 127 cm³/mol. The van der Waals surface area contributed by atoms with Crippen molar-refractivity contribution in [1.82, 2.24) is 29.5 Å². The van der Waals surface area contributed by atoms with E-state index < -0.39 is 0 Å². The second kappa shape index (κ2) is 9.19. The lowest BCUT2D eigenvalue weighted by Crippen LogP contribution is -2.49. The number of nitrogen functional groups attached to an aromatic ring is 1. The number of aryl methyl sites for hydroxylation is 1. The van der Waals surface area contributed by atoms with Crippen molar-refractivity contribution in [3.63, 3.8) is 0 Å². The third kappa shape index (κ3) is 4.38. The first-order valence-electron chi connectivity index (χ1n) is 11.1. The van der Waals surface area contributed by atoms with E-state index in [1.807, 2.05) is 31.3 Å². The summed E-state index contributed by atoms with van der Waals surface area (Å²) in [5, 5.41) is 6.00. The Hall–Kier alpha value is -2.46. The van der Waals surface area contributed by atoms with Crippen LogP contribution in [-0.4, -0.2) is 95.1 Å². The van der Waals surface area contributed by atoms with Crippen LogP contribution < -0.4 is 10.6 Å². The quantitative estimate of drug-likeness (QED) is 0.620. The van der Waals surface area contributed by atoms with Gasteiger partial charge < -0.3 is 15.4 Å². The van der Waals surface area contributed by atoms with Gasteiger partial charge >= 0.3 is 0 Å². The number of benzene rings is 1. The molecular formula is C22H29ClN8O. The van der Waals surface area contributed by atoms with Gasteiger partial charge in [-0.3, -0.25) is 14.5 Å². The first-order valence-corrected chi connectivity index (χ1v) is 11.5. The lowest BCUT2D eigenvalue weighted by atomic mass is 10.1. The normalized spacial score (nSPS) is 18.5. The van der Waals surface area contributed by atoms with E-state index in [0.29, 0.717) is 22.4 Å². The van der Waals surface area contributed by atoms with Crippen LogP contribution >= 0.6 is 11.6 Å². The number of nitrogens with zero attached hydrogens (tertiary/aromatic N) is 7. The minimum Gasteiger partial charge on any atom is -0.383 e. The number of nitrogens with two attached hydrogens (primary N) is 1. The summed E-state index contributed by atoms with van der Waals surface area (Å²) in [5.41, 5.74) is 8.67. The molecule has 0 atom stereocenters. The smallest absolute Gasteiger partial charge is 0.228 e. The fraction of sp³-hybridized carbons (Fsp3) is 0.500. The van der Waals surface area contributed by atoms with Crippen molar-refractivity contribution in [2.75, 3.05) is 76.2 Å². The zero-order valence-electron chi connectivity index (χ0n) is 18.4. The Morgan fingerprint density at radius 2 is 1.59 bits per heavy atom. The van der Waals surface area contributed by atoms with Crippen molar-refractivity contribution in [2.45, 2.75) is 0 Å². The van der Waals surface area contributed by atoms with Crippen molar-refractivity contribution < 1.29 is 4.74 Å². The lowest BCUT2D eigenvalue weighted by Gasteiger charge is -2.36. The van der Waals surface area contributed by atoms with E-state index in [1.165, 1.54) is 0 Å². The number of hydrogen-bond donors (Lipinski definition) is 1. The molecule has 32 heavy (non-hydrogen) atoms. The van der Waals surface area contributed by atoms with Crippen LogP contribution in [0, 0.1) is 0 Å². The maximum absolute atomic E-state index is 6.31. The predicted octanol–water partition coefficient (Wildman–Crippen LogP) is 1.72. The standard InChI is InChI=1S/C22H29ClN8O/c1-28-20(24)18-19(16-2-4-17(23)5-3-16)25-22(26-21(18)27-28)31-10-8-29(9-11-31)6-7-30-12-14-32-15-13-30/h2-5H,6-15,24H2,1H3. The Labute approximate surface area is 192 Å². The van der Waals surface area contributed by atoms with Crippen LogP contribution in [0.1, 0.15) is 0 Å². The van der Waals surface area contributed by atoms with E-state index in [0.717, 1.165) is 82.2 Å². The number of morpholine rings is 1. The maximum Gasteiger partial charge on any atom is 0.228 e. The summed E-state index contributed by atoms with van der Waals surface area (Å²) in [6, 6.07) is 7.66. The van der Waals surface area contributed by atoms with E-state index in [-0.39, 0.29) is 0 Å². The molecule has 2 saturated heterocycles. The van der Waals surface area contributed by atoms with Gasteiger partial charge in [0, 0.05) is 70.0 Å². The van der Waals surface area contributed by atoms with E-state index in [9.17, 15) is 0 Å². The van der Waals surface area contributed by atoms with Crippen molar-refractivity contribution in [2.24, 2.45) is 7.05 Å². The van der Waals surface area contributed by atoms with Gasteiger partial charge in [-0.1, -0.05) is 23.7 Å². The minimum absolute atomic E-state index is 0.560. The number of fused-ring (bicyclic) bond motifs is 1. The number of halogens is 1. The van der Waals surface area contributed by atoms with Crippen molar-refractivity contribution in [3.05, 3.63) is 29.3 Å². The Morgan fingerprint density at radius 1 is 0.938 bits per heavy atom. The average molecular weight is 457 g/mol. The molecule has 3 aromatic rings. The van der Waals surface area contributed by atoms with E-state index >= 15 is 0 Å². The minimum atomic E-state index is 0.560. The summed E-state index contributed by atoms with van der Waals surface area (Å²) in [7, 11) is 1.83. The molecule has 4 heterocycles. The Bertz CT molecular complexity index is 1070. The number of ether oxygens (including phenoxy) is 1. The molecule has 170 valence electrons. The highest BCUT2D eigenvalue weighted by Crippen LogP contribution is 2.32. The van der Waals surface area contributed by atoms with Gasteiger partial charge in [0.25, 0.3) is 0 Å². The van der Waals surface area contributed by atoms with Crippen LogP contribution in [-0.2, 0) is 11.8 Å². The molecule has 2 aliphatic rings. The largest absolute Gasteiger partial charge is 0.383 e. The molecular weight excluding hydrogens is 428 g/mol. The first kappa shape index (κ1) is 21.4. The second-order valence-corrected chi connectivity index (χ2v) is 8.81. The van der Waals surface area contributed by atoms with E-state index in [1.54, 1.807) is 4.68 Å². The van der Waals surface area contributed by atoms with Gasteiger partial charge in [0.2, 0.25) is 5.95 Å². The zero-order chi connectivity index (χ0) is 22.1. The van der Waals surface area contributed by atoms with Crippen LogP contribution in [0.3, 0.4) is 0 Å². The molecule has 0 unspecified atom stereocenters. The summed E-state index contributed by atoms with van der Waals surface area (Å²) in [6.45, 7) is 9.71. The molecule has 0 saturated carbocycles. The Kier molecular flexibility index (Phi) is 6.14. The molecule has 0 bridgehead atoms. The van der Waals surface area contributed by atoms with Crippen LogP contribution in [0.2, 0.25) is 5.02 Å². The third-order valence-corrected chi connectivity index (χ3v) is 6.59. The molecule has 5 rings (SSSR count). The highest BCUT2D eigenvalue weighted by molar-refractivity contribution is 6.30. The molecule has 0 spiro atoms. The highest BCUT2D eigenvalue weighted by Gasteiger charge is 2.23. The summed E-state index contributed by atoms with van der Waals surface area (Å²) < 4.78 is 7.10. The van der Waals surface area contributed by atoms with E-state index in [2.05, 4.69) is 19.8 Å². The van der Waals surface area contributed by atoms with Crippen LogP contribution in [0.4, 0.5) is 11.8 Å². The van der Waals surface area contributed by atoms with Gasteiger partial charge in [0.05, 0.1) is 24.3 Å². The summed E-state index contributed by atoms with van der Waals surface area (Å²) in [5.74, 6) is 1.26.